The summed E-state index contributed by atoms with van der Waals surface area (Å²) in [5.41, 5.74) is 1.06. The fourth-order valence-corrected chi connectivity index (χ4v) is 1.55. The molecule has 1 aromatic carbocycles. The van der Waals surface area contributed by atoms with Crippen LogP contribution in [0.5, 0.6) is 0 Å². The Balaban J connectivity index is 2.02. The Labute approximate surface area is 123 Å². The average molecular weight is 287 g/mol. The van der Waals surface area contributed by atoms with E-state index in [0.29, 0.717) is 5.82 Å². The number of nitrogens with one attached hydrogen (secondary N) is 2. The molecule has 0 spiro atoms. The Kier molecular flexibility index (Phi) is 4.21. The maximum absolute atomic E-state index is 12.8. The van der Waals surface area contributed by atoms with E-state index in [1.54, 1.807) is 30.5 Å². The summed E-state index contributed by atoms with van der Waals surface area (Å²) in [4.78, 5) is 16.0. The van der Waals surface area contributed by atoms with E-state index in [0.717, 1.165) is 11.4 Å². The smallest absolute Gasteiger partial charge is 0.230 e. The Morgan fingerprint density at radius 2 is 1.67 bits per heavy atom. The van der Waals surface area contributed by atoms with Gasteiger partial charge in [0, 0.05) is 11.1 Å². The van der Waals surface area contributed by atoms with Crippen molar-refractivity contribution in [3.63, 3.8) is 0 Å². The second-order valence-corrected chi connectivity index (χ2v) is 5.77. The highest BCUT2D eigenvalue weighted by Gasteiger charge is 2.21. The van der Waals surface area contributed by atoms with Crippen molar-refractivity contribution in [2.75, 3.05) is 10.6 Å². The van der Waals surface area contributed by atoms with Crippen LogP contribution in [-0.2, 0) is 4.79 Å². The molecule has 2 N–H and O–H groups in total. The van der Waals surface area contributed by atoms with Gasteiger partial charge in [-0.1, -0.05) is 20.8 Å². The first-order chi connectivity index (χ1) is 9.84. The quantitative estimate of drug-likeness (QED) is 0.898. The molecule has 0 saturated heterocycles. The number of anilines is 3. The molecule has 110 valence electrons. The summed E-state index contributed by atoms with van der Waals surface area (Å²) < 4.78 is 12.8. The minimum Gasteiger partial charge on any atom is -0.354 e. The minimum atomic E-state index is -0.466. The zero-order chi connectivity index (χ0) is 15.5. The molecule has 0 radical (unpaired) electrons. The molecule has 2 aromatic rings. The summed E-state index contributed by atoms with van der Waals surface area (Å²) in [5, 5.41) is 5.85. The average Bonchev–Trinajstić information content (AvgIpc) is 2.42. The highest BCUT2D eigenvalue weighted by molar-refractivity contribution is 5.93. The predicted octanol–water partition coefficient (Wildman–Crippen LogP) is 3.95. The maximum Gasteiger partial charge on any atom is 0.230 e. The summed E-state index contributed by atoms with van der Waals surface area (Å²) in [5.74, 6) is 0.132. The molecular weight excluding hydrogens is 269 g/mol. The summed E-state index contributed by atoms with van der Waals surface area (Å²) in [6, 6.07) is 9.57. The van der Waals surface area contributed by atoms with E-state index in [4.69, 9.17) is 0 Å². The van der Waals surface area contributed by atoms with Crippen molar-refractivity contribution in [2.45, 2.75) is 20.8 Å². The Morgan fingerprint density at radius 3 is 2.19 bits per heavy atom. The Morgan fingerprint density at radius 1 is 1.05 bits per heavy atom. The fourth-order valence-electron chi connectivity index (χ4n) is 1.55. The third-order valence-corrected chi connectivity index (χ3v) is 2.82. The van der Waals surface area contributed by atoms with Crippen LogP contribution in [0, 0.1) is 11.2 Å². The monoisotopic (exact) mass is 287 g/mol. The van der Waals surface area contributed by atoms with Gasteiger partial charge < -0.3 is 10.6 Å². The number of nitrogens with zero attached hydrogens (tertiary/aromatic N) is 1. The molecule has 0 saturated carbocycles. The molecule has 2 rings (SSSR count). The van der Waals surface area contributed by atoms with Crippen LogP contribution in [0.1, 0.15) is 20.8 Å². The van der Waals surface area contributed by atoms with E-state index in [2.05, 4.69) is 15.6 Å². The third kappa shape index (κ3) is 4.27. The van der Waals surface area contributed by atoms with Gasteiger partial charge in [0.2, 0.25) is 5.91 Å². The van der Waals surface area contributed by atoms with Gasteiger partial charge in [0.05, 0.1) is 11.9 Å². The molecule has 0 atom stereocenters. The molecule has 0 aliphatic rings. The van der Waals surface area contributed by atoms with Crippen LogP contribution in [0.4, 0.5) is 21.6 Å². The molecule has 1 amide bonds. The van der Waals surface area contributed by atoms with Gasteiger partial charge in [-0.3, -0.25) is 4.79 Å². The van der Waals surface area contributed by atoms with E-state index >= 15 is 0 Å². The van der Waals surface area contributed by atoms with Crippen molar-refractivity contribution >= 4 is 23.1 Å². The minimum absolute atomic E-state index is 0.0887. The largest absolute Gasteiger partial charge is 0.354 e. The van der Waals surface area contributed by atoms with E-state index in [-0.39, 0.29) is 11.7 Å². The lowest BCUT2D eigenvalue weighted by Crippen LogP contribution is -2.27. The topological polar surface area (TPSA) is 54.0 Å². The number of benzene rings is 1. The van der Waals surface area contributed by atoms with Crippen molar-refractivity contribution < 1.29 is 9.18 Å². The molecule has 5 heteroatoms. The van der Waals surface area contributed by atoms with Crippen LogP contribution in [0.3, 0.4) is 0 Å². The van der Waals surface area contributed by atoms with Crippen molar-refractivity contribution in [1.29, 1.82) is 0 Å². The number of hydrogen-bond donors (Lipinski definition) is 2. The number of pyridine rings is 1. The van der Waals surface area contributed by atoms with Gasteiger partial charge in [-0.25, -0.2) is 9.37 Å². The van der Waals surface area contributed by atoms with Crippen LogP contribution in [0.15, 0.2) is 42.6 Å². The predicted molar refractivity (Wildman–Crippen MR) is 82.0 cm³/mol. The van der Waals surface area contributed by atoms with E-state index < -0.39 is 5.41 Å². The lowest BCUT2D eigenvalue weighted by Gasteiger charge is -2.17. The van der Waals surface area contributed by atoms with Crippen LogP contribution < -0.4 is 10.6 Å². The zero-order valence-corrected chi connectivity index (χ0v) is 12.3. The summed E-state index contributed by atoms with van der Waals surface area (Å²) in [6.07, 6.45) is 1.61. The molecule has 1 heterocycles. The zero-order valence-electron chi connectivity index (χ0n) is 12.3. The van der Waals surface area contributed by atoms with Crippen molar-refractivity contribution in [1.82, 2.24) is 4.98 Å². The molecule has 1 aromatic heterocycles. The van der Waals surface area contributed by atoms with Gasteiger partial charge in [0.1, 0.15) is 11.6 Å². The molecular formula is C16H18FN3O. The fraction of sp³-hybridized carbons (Fsp3) is 0.250. The van der Waals surface area contributed by atoms with Crippen molar-refractivity contribution in [2.24, 2.45) is 5.41 Å². The molecule has 0 unspecified atom stereocenters. The second kappa shape index (κ2) is 5.91. The second-order valence-electron chi connectivity index (χ2n) is 5.77. The SMILES string of the molecule is CC(C)(C)C(=O)Nc1ccc(Nc2ccc(F)cc2)cn1. The molecule has 0 fully saturated rings. The van der Waals surface area contributed by atoms with Gasteiger partial charge in [-0.2, -0.15) is 0 Å². The lowest BCUT2D eigenvalue weighted by molar-refractivity contribution is -0.123. The number of rotatable bonds is 3. The van der Waals surface area contributed by atoms with Gasteiger partial charge in [0.15, 0.2) is 0 Å². The highest BCUT2D eigenvalue weighted by Crippen LogP contribution is 2.19. The van der Waals surface area contributed by atoms with Crippen LogP contribution in [0.25, 0.3) is 0 Å². The molecule has 4 nitrogen and oxygen atoms in total. The molecule has 21 heavy (non-hydrogen) atoms. The molecule has 0 bridgehead atoms. The number of amides is 1. The highest BCUT2D eigenvalue weighted by atomic mass is 19.1. The number of halogens is 1. The third-order valence-electron chi connectivity index (χ3n) is 2.82. The van der Waals surface area contributed by atoms with Gasteiger partial charge in [0.25, 0.3) is 0 Å². The van der Waals surface area contributed by atoms with Crippen LogP contribution in [-0.4, -0.2) is 10.9 Å². The maximum atomic E-state index is 12.8. The standard InChI is InChI=1S/C16H18FN3O/c1-16(2,3)15(21)20-14-9-8-13(10-18-14)19-12-6-4-11(17)5-7-12/h4-10,19H,1-3H3,(H,18,20,21). The number of hydrogen-bond acceptors (Lipinski definition) is 3. The van der Waals surface area contributed by atoms with Crippen molar-refractivity contribution in [3.8, 4) is 0 Å². The van der Waals surface area contributed by atoms with E-state index in [9.17, 15) is 9.18 Å². The normalized spacial score (nSPS) is 11.0. The Bertz CT molecular complexity index is 615. The van der Waals surface area contributed by atoms with E-state index in [1.807, 2.05) is 20.8 Å². The van der Waals surface area contributed by atoms with Crippen LogP contribution in [0.2, 0.25) is 0 Å². The Hall–Kier alpha value is -2.43. The van der Waals surface area contributed by atoms with E-state index in [1.165, 1.54) is 12.1 Å². The van der Waals surface area contributed by atoms with Gasteiger partial charge >= 0.3 is 0 Å². The van der Waals surface area contributed by atoms with Crippen LogP contribution >= 0.6 is 0 Å². The molecule has 0 aliphatic heterocycles. The summed E-state index contributed by atoms with van der Waals surface area (Å²) in [7, 11) is 0. The summed E-state index contributed by atoms with van der Waals surface area (Å²) in [6.45, 7) is 5.52. The first kappa shape index (κ1) is 15.0. The number of carbonyl (C=O) groups is 1. The lowest BCUT2D eigenvalue weighted by atomic mass is 9.96. The van der Waals surface area contributed by atoms with Gasteiger partial charge in [-0.05, 0) is 36.4 Å². The first-order valence-electron chi connectivity index (χ1n) is 6.65. The first-order valence-corrected chi connectivity index (χ1v) is 6.65. The molecule has 0 aliphatic carbocycles. The van der Waals surface area contributed by atoms with Gasteiger partial charge in [-0.15, -0.1) is 0 Å². The number of carbonyl (C=O) groups excluding carboxylic acids is 1. The summed E-state index contributed by atoms with van der Waals surface area (Å²) >= 11 is 0. The number of aromatic nitrogens is 1. The van der Waals surface area contributed by atoms with Crippen molar-refractivity contribution in [3.05, 3.63) is 48.4 Å².